The fourth-order valence-corrected chi connectivity index (χ4v) is 3.38. The van der Waals surface area contributed by atoms with Crippen LogP contribution >= 0.6 is 0 Å². The van der Waals surface area contributed by atoms with Gasteiger partial charge in [0.25, 0.3) is 11.8 Å². The van der Waals surface area contributed by atoms with Gasteiger partial charge in [0.15, 0.2) is 11.5 Å². The zero-order valence-electron chi connectivity index (χ0n) is 19.0. The number of benzene rings is 2. The summed E-state index contributed by atoms with van der Waals surface area (Å²) in [7, 11) is 0. The molecule has 0 fully saturated rings. The zero-order valence-corrected chi connectivity index (χ0v) is 19.0. The summed E-state index contributed by atoms with van der Waals surface area (Å²) in [6.07, 6.45) is 1.34. The summed E-state index contributed by atoms with van der Waals surface area (Å²) in [5.41, 5.74) is 3.64. The molecule has 2 aromatic carbocycles. The highest BCUT2D eigenvalue weighted by molar-refractivity contribution is 5.98. The molecule has 180 valence electrons. The van der Waals surface area contributed by atoms with Gasteiger partial charge in [0.1, 0.15) is 17.6 Å². The second-order valence-corrected chi connectivity index (χ2v) is 8.08. The van der Waals surface area contributed by atoms with Crippen molar-refractivity contribution in [2.75, 3.05) is 6.79 Å². The van der Waals surface area contributed by atoms with E-state index in [0.29, 0.717) is 34.1 Å². The number of nitrogens with one attached hydrogen (secondary N) is 2. The van der Waals surface area contributed by atoms with Gasteiger partial charge < -0.3 is 24.3 Å². The van der Waals surface area contributed by atoms with Crippen molar-refractivity contribution < 1.29 is 33.4 Å². The third-order valence-electron chi connectivity index (χ3n) is 5.28. The molecule has 0 saturated carbocycles. The molecule has 0 radical (unpaired) electrons. The molecule has 0 bridgehead atoms. The number of hydrogen-bond donors (Lipinski definition) is 3. The van der Waals surface area contributed by atoms with Gasteiger partial charge in [-0.25, -0.2) is 10.2 Å². The van der Waals surface area contributed by atoms with Crippen molar-refractivity contribution in [2.45, 2.75) is 19.9 Å². The zero-order chi connectivity index (χ0) is 24.9. The molecule has 0 spiro atoms. The van der Waals surface area contributed by atoms with Crippen molar-refractivity contribution in [2.24, 2.45) is 11.0 Å². The van der Waals surface area contributed by atoms with E-state index in [2.05, 4.69) is 15.8 Å². The van der Waals surface area contributed by atoms with Crippen LogP contribution in [0.5, 0.6) is 11.5 Å². The summed E-state index contributed by atoms with van der Waals surface area (Å²) >= 11 is 0. The number of hydrogen-bond acceptors (Lipinski definition) is 7. The minimum absolute atomic E-state index is 0.101. The SMILES string of the molecule is CC(C)[C@@H](NC(=O)c1ccc2c(c1)OCO2)C(=O)N/N=C\c1ccc(-c2ccc(C(=O)O)cc2)o1. The van der Waals surface area contributed by atoms with E-state index >= 15 is 0 Å². The lowest BCUT2D eigenvalue weighted by molar-refractivity contribution is -0.123. The van der Waals surface area contributed by atoms with E-state index in [1.54, 1.807) is 42.5 Å². The Labute approximate surface area is 200 Å². The number of carbonyl (C=O) groups excluding carboxylic acids is 2. The number of hydrazone groups is 1. The number of aromatic carboxylic acids is 1. The Bertz CT molecular complexity index is 1280. The van der Waals surface area contributed by atoms with Crippen LogP contribution in [0.25, 0.3) is 11.3 Å². The number of carboxylic acid groups (broad SMARTS) is 1. The number of rotatable bonds is 8. The maximum absolute atomic E-state index is 12.7. The maximum atomic E-state index is 12.7. The third kappa shape index (κ3) is 5.49. The van der Waals surface area contributed by atoms with E-state index < -0.39 is 23.8 Å². The Hall–Kier alpha value is -4.60. The molecule has 0 aliphatic carbocycles. The van der Waals surface area contributed by atoms with Crippen molar-refractivity contribution in [1.29, 1.82) is 0 Å². The van der Waals surface area contributed by atoms with Crippen molar-refractivity contribution in [1.82, 2.24) is 10.7 Å². The predicted molar refractivity (Wildman–Crippen MR) is 125 cm³/mol. The van der Waals surface area contributed by atoms with Crippen LogP contribution in [0.1, 0.15) is 40.3 Å². The fourth-order valence-electron chi connectivity index (χ4n) is 3.38. The maximum Gasteiger partial charge on any atom is 0.335 e. The van der Waals surface area contributed by atoms with Crippen molar-refractivity contribution in [3.63, 3.8) is 0 Å². The monoisotopic (exact) mass is 477 g/mol. The van der Waals surface area contributed by atoms with Crippen LogP contribution in [0.3, 0.4) is 0 Å². The Balaban J connectivity index is 1.36. The lowest BCUT2D eigenvalue weighted by Gasteiger charge is -2.20. The van der Waals surface area contributed by atoms with E-state index in [1.165, 1.54) is 18.3 Å². The van der Waals surface area contributed by atoms with Crippen LogP contribution in [-0.4, -0.2) is 41.9 Å². The number of ether oxygens (including phenoxy) is 2. The molecule has 0 unspecified atom stereocenters. The average molecular weight is 477 g/mol. The molecular formula is C25H23N3O7. The average Bonchev–Trinajstić information content (AvgIpc) is 3.51. The number of carbonyl (C=O) groups is 3. The highest BCUT2D eigenvalue weighted by Crippen LogP contribution is 2.32. The summed E-state index contributed by atoms with van der Waals surface area (Å²) < 4.78 is 16.2. The highest BCUT2D eigenvalue weighted by Gasteiger charge is 2.25. The molecule has 1 aromatic heterocycles. The normalized spacial score (nSPS) is 13.1. The van der Waals surface area contributed by atoms with Gasteiger partial charge in [-0.15, -0.1) is 0 Å². The molecule has 3 N–H and O–H groups in total. The largest absolute Gasteiger partial charge is 0.478 e. The van der Waals surface area contributed by atoms with Crippen LogP contribution < -0.4 is 20.2 Å². The Morgan fingerprint density at radius 2 is 1.69 bits per heavy atom. The van der Waals surface area contributed by atoms with Gasteiger partial charge in [0.2, 0.25) is 6.79 Å². The number of furan rings is 1. The van der Waals surface area contributed by atoms with Gasteiger partial charge in [0.05, 0.1) is 11.8 Å². The molecule has 10 heteroatoms. The Morgan fingerprint density at radius 1 is 0.971 bits per heavy atom. The number of nitrogens with zero attached hydrogens (tertiary/aromatic N) is 1. The molecule has 2 amide bonds. The lowest BCUT2D eigenvalue weighted by Crippen LogP contribution is -2.48. The molecule has 4 rings (SSSR count). The first-order chi connectivity index (χ1) is 16.8. The molecule has 2 heterocycles. The van der Waals surface area contributed by atoms with Gasteiger partial charge in [-0.05, 0) is 48.4 Å². The predicted octanol–water partition coefficient (Wildman–Crippen LogP) is 3.28. The topological polar surface area (TPSA) is 139 Å². The highest BCUT2D eigenvalue weighted by atomic mass is 16.7. The number of fused-ring (bicyclic) bond motifs is 1. The van der Waals surface area contributed by atoms with Crippen molar-refractivity contribution in [3.8, 4) is 22.8 Å². The third-order valence-corrected chi connectivity index (χ3v) is 5.28. The second-order valence-electron chi connectivity index (χ2n) is 8.08. The summed E-state index contributed by atoms with van der Waals surface area (Å²) in [4.78, 5) is 36.3. The summed E-state index contributed by atoms with van der Waals surface area (Å²) in [5, 5.41) is 15.7. The molecule has 10 nitrogen and oxygen atoms in total. The molecule has 1 aliphatic heterocycles. The molecule has 1 atom stereocenters. The van der Waals surface area contributed by atoms with Crippen LogP contribution in [-0.2, 0) is 4.79 Å². The Morgan fingerprint density at radius 3 is 2.40 bits per heavy atom. The lowest BCUT2D eigenvalue weighted by atomic mass is 10.0. The van der Waals surface area contributed by atoms with E-state index in [1.807, 2.05) is 13.8 Å². The summed E-state index contributed by atoms with van der Waals surface area (Å²) in [6.45, 7) is 3.72. The van der Waals surface area contributed by atoms with Crippen molar-refractivity contribution in [3.05, 3.63) is 71.5 Å². The fraction of sp³-hybridized carbons (Fsp3) is 0.200. The number of amides is 2. The van der Waals surface area contributed by atoms with Gasteiger partial charge >= 0.3 is 5.97 Å². The van der Waals surface area contributed by atoms with Crippen LogP contribution in [0.4, 0.5) is 0 Å². The summed E-state index contributed by atoms with van der Waals surface area (Å²) in [5.74, 6) is -0.180. The number of carboxylic acids is 1. The first-order valence-corrected chi connectivity index (χ1v) is 10.8. The van der Waals surface area contributed by atoms with Gasteiger partial charge in [0, 0.05) is 11.1 Å². The first kappa shape index (κ1) is 23.6. The van der Waals surface area contributed by atoms with E-state index in [-0.39, 0.29) is 18.3 Å². The van der Waals surface area contributed by atoms with Crippen LogP contribution in [0.15, 0.2) is 64.1 Å². The van der Waals surface area contributed by atoms with Gasteiger partial charge in [-0.3, -0.25) is 9.59 Å². The molecule has 35 heavy (non-hydrogen) atoms. The van der Waals surface area contributed by atoms with E-state index in [4.69, 9.17) is 19.0 Å². The van der Waals surface area contributed by atoms with Gasteiger partial charge in [-0.1, -0.05) is 26.0 Å². The standard InChI is InChI=1S/C25H23N3O7/c1-14(2)22(27-23(29)17-7-9-20-21(11-17)34-13-33-20)24(30)28-26-12-18-8-10-19(35-18)15-3-5-16(6-4-15)25(31)32/h3-12,14,22H,13H2,1-2H3,(H,27,29)(H,28,30)(H,31,32)/b26-12-/t22-/m1/s1. The molecule has 3 aromatic rings. The summed E-state index contributed by atoms with van der Waals surface area (Å²) in [6, 6.07) is 13.6. The van der Waals surface area contributed by atoms with E-state index in [9.17, 15) is 14.4 Å². The molecular weight excluding hydrogens is 454 g/mol. The smallest absolute Gasteiger partial charge is 0.335 e. The second kappa shape index (κ2) is 10.1. The minimum Gasteiger partial charge on any atom is -0.478 e. The molecule has 1 aliphatic rings. The Kier molecular flexibility index (Phi) is 6.81. The quantitative estimate of drug-likeness (QED) is 0.334. The first-order valence-electron chi connectivity index (χ1n) is 10.8. The van der Waals surface area contributed by atoms with Crippen LogP contribution in [0, 0.1) is 5.92 Å². The van der Waals surface area contributed by atoms with Crippen molar-refractivity contribution >= 4 is 24.0 Å². The minimum atomic E-state index is -1.01. The van der Waals surface area contributed by atoms with Gasteiger partial charge in [-0.2, -0.15) is 5.10 Å². The molecule has 0 saturated heterocycles. The van der Waals surface area contributed by atoms with Crippen LogP contribution in [0.2, 0.25) is 0 Å². The van der Waals surface area contributed by atoms with E-state index in [0.717, 1.165) is 0 Å².